The third-order valence-electron chi connectivity index (χ3n) is 4.70. The number of amidine groups is 1. The van der Waals surface area contributed by atoms with Crippen LogP contribution in [0.3, 0.4) is 0 Å². The summed E-state index contributed by atoms with van der Waals surface area (Å²) in [6.45, 7) is 1.90. The summed E-state index contributed by atoms with van der Waals surface area (Å²) in [6.07, 6.45) is 1.12. The van der Waals surface area contributed by atoms with E-state index in [1.165, 1.54) is 24.4 Å². The van der Waals surface area contributed by atoms with Crippen LogP contribution in [0.5, 0.6) is 0 Å². The number of benzene rings is 1. The number of rotatable bonds is 4. The molecule has 0 saturated carbocycles. The van der Waals surface area contributed by atoms with Crippen molar-refractivity contribution in [2.45, 2.75) is 37.9 Å². The van der Waals surface area contributed by atoms with Crippen molar-refractivity contribution in [3.05, 3.63) is 47.4 Å². The van der Waals surface area contributed by atoms with Gasteiger partial charge in [0.15, 0.2) is 11.6 Å². The van der Waals surface area contributed by atoms with Crippen molar-refractivity contribution in [2.24, 2.45) is 10.7 Å². The Morgan fingerprint density at radius 1 is 1.41 bits per heavy atom. The number of nitrogens with one attached hydrogen (secondary N) is 1. The van der Waals surface area contributed by atoms with Gasteiger partial charge in [-0.05, 0) is 38.0 Å². The van der Waals surface area contributed by atoms with Gasteiger partial charge in [-0.3, -0.25) is 9.79 Å². The van der Waals surface area contributed by atoms with Crippen LogP contribution in [-0.2, 0) is 5.54 Å². The largest absolute Gasteiger partial charge is 0.436 e. The number of carbonyl (C=O) groups is 1. The average molecular weight is 380 g/mol. The molecule has 9 heteroatoms. The maximum atomic E-state index is 14.4. The van der Waals surface area contributed by atoms with Crippen LogP contribution in [-0.4, -0.2) is 29.1 Å². The van der Waals surface area contributed by atoms with E-state index in [1.54, 1.807) is 13.8 Å². The highest BCUT2D eigenvalue weighted by Crippen LogP contribution is 2.41. The summed E-state index contributed by atoms with van der Waals surface area (Å²) in [5, 5.41) is 2.58. The summed E-state index contributed by atoms with van der Waals surface area (Å²) in [5.74, 6) is -1.29. The van der Waals surface area contributed by atoms with Crippen LogP contribution in [0.25, 0.3) is 0 Å². The van der Waals surface area contributed by atoms with Gasteiger partial charge in [-0.15, -0.1) is 0 Å². The second-order valence-corrected chi connectivity index (χ2v) is 6.76. The predicted octanol–water partition coefficient (Wildman–Crippen LogP) is 3.42. The summed E-state index contributed by atoms with van der Waals surface area (Å²) in [5.41, 5.74) is 2.52. The number of aromatic nitrogens is 1. The van der Waals surface area contributed by atoms with Crippen molar-refractivity contribution >= 4 is 17.4 Å². The molecule has 0 aliphatic carbocycles. The first-order chi connectivity index (χ1) is 12.7. The van der Waals surface area contributed by atoms with Crippen LogP contribution in [0.2, 0.25) is 0 Å². The van der Waals surface area contributed by atoms with Crippen LogP contribution >= 0.6 is 0 Å². The molecule has 144 valence electrons. The second-order valence-electron chi connectivity index (χ2n) is 6.76. The Kier molecular flexibility index (Phi) is 4.71. The van der Waals surface area contributed by atoms with Gasteiger partial charge in [0, 0.05) is 18.2 Å². The van der Waals surface area contributed by atoms with E-state index in [-0.39, 0.29) is 24.2 Å². The third-order valence-corrected chi connectivity index (χ3v) is 4.70. The molecular formula is C18H19F3N4O2. The molecule has 0 saturated heterocycles. The van der Waals surface area contributed by atoms with E-state index in [2.05, 4.69) is 15.3 Å². The Morgan fingerprint density at radius 2 is 2.15 bits per heavy atom. The van der Waals surface area contributed by atoms with Crippen LogP contribution in [0.15, 0.2) is 33.8 Å². The van der Waals surface area contributed by atoms with Gasteiger partial charge in [-0.1, -0.05) is 0 Å². The Hall–Kier alpha value is -2.84. The van der Waals surface area contributed by atoms with Crippen LogP contribution < -0.4 is 11.1 Å². The Labute approximate surface area is 153 Å². The minimum absolute atomic E-state index is 0.00896. The van der Waals surface area contributed by atoms with Crippen molar-refractivity contribution in [3.63, 3.8) is 0 Å². The fourth-order valence-corrected chi connectivity index (χ4v) is 3.00. The van der Waals surface area contributed by atoms with Crippen LogP contribution in [0.4, 0.5) is 18.9 Å². The number of nitrogens with zero attached hydrogens (tertiary/aromatic N) is 2. The highest BCUT2D eigenvalue weighted by atomic mass is 19.2. The zero-order chi connectivity index (χ0) is 19.8. The molecule has 0 bridgehead atoms. The quantitative estimate of drug-likeness (QED) is 0.850. The number of hydrogen-bond acceptors (Lipinski definition) is 5. The van der Waals surface area contributed by atoms with Gasteiger partial charge in [0.25, 0.3) is 5.91 Å². The Morgan fingerprint density at radius 3 is 2.74 bits per heavy atom. The molecule has 0 unspecified atom stereocenters. The summed E-state index contributed by atoms with van der Waals surface area (Å²) in [6, 6.07) is 3.94. The number of nitrogens with two attached hydrogens (primary N) is 1. The smallest absolute Gasteiger partial charge is 0.293 e. The van der Waals surface area contributed by atoms with Crippen LogP contribution in [0, 0.1) is 12.7 Å². The van der Waals surface area contributed by atoms with E-state index >= 15 is 0 Å². The number of aliphatic imine (C=N–C) groups is 1. The molecule has 6 nitrogen and oxygen atoms in total. The highest BCUT2D eigenvalue weighted by Gasteiger charge is 2.44. The molecule has 1 aliphatic rings. The number of anilines is 1. The van der Waals surface area contributed by atoms with Gasteiger partial charge in [0.2, 0.25) is 5.76 Å². The number of alkyl halides is 2. The molecule has 2 heterocycles. The predicted molar refractivity (Wildman–Crippen MR) is 93.6 cm³/mol. The number of halogens is 3. The fourth-order valence-electron chi connectivity index (χ4n) is 3.00. The number of carbonyl (C=O) groups excluding carboxylic acids is 1. The SMILES string of the molecule is Cc1ncc(C(=O)Nc2ccc(F)c([C@]3(C)CC[C@@](F)(CF)C(N)=N3)c2)o1. The van der Waals surface area contributed by atoms with E-state index in [0.29, 0.717) is 11.6 Å². The lowest BCUT2D eigenvalue weighted by molar-refractivity contribution is 0.0995. The molecule has 0 radical (unpaired) electrons. The topological polar surface area (TPSA) is 93.5 Å². The molecule has 3 N–H and O–H groups in total. The summed E-state index contributed by atoms with van der Waals surface area (Å²) < 4.78 is 46.8. The van der Waals surface area contributed by atoms with Gasteiger partial charge >= 0.3 is 0 Å². The van der Waals surface area contributed by atoms with Gasteiger partial charge in [0.1, 0.15) is 18.3 Å². The third kappa shape index (κ3) is 3.54. The summed E-state index contributed by atoms with van der Waals surface area (Å²) >= 11 is 0. The zero-order valence-electron chi connectivity index (χ0n) is 14.9. The molecule has 3 rings (SSSR count). The van der Waals surface area contributed by atoms with E-state index in [9.17, 15) is 18.0 Å². The lowest BCUT2D eigenvalue weighted by Crippen LogP contribution is -2.48. The summed E-state index contributed by atoms with van der Waals surface area (Å²) in [7, 11) is 0. The van der Waals surface area contributed by atoms with E-state index in [4.69, 9.17) is 10.2 Å². The average Bonchev–Trinajstić information content (AvgIpc) is 3.07. The molecule has 1 amide bonds. The first kappa shape index (κ1) is 18.9. The minimum Gasteiger partial charge on any atom is -0.436 e. The normalized spacial score (nSPS) is 25.1. The Balaban J connectivity index is 1.91. The molecule has 2 atom stereocenters. The van der Waals surface area contributed by atoms with E-state index in [0.717, 1.165) is 0 Å². The van der Waals surface area contributed by atoms with E-state index in [1.807, 2.05) is 0 Å². The monoisotopic (exact) mass is 380 g/mol. The molecule has 0 spiro atoms. The van der Waals surface area contributed by atoms with Gasteiger partial charge in [0.05, 0.1) is 11.7 Å². The number of aryl methyl sites for hydroxylation is 1. The van der Waals surface area contributed by atoms with Gasteiger partial charge in [-0.25, -0.2) is 18.2 Å². The van der Waals surface area contributed by atoms with Gasteiger partial charge < -0.3 is 15.5 Å². The minimum atomic E-state index is -2.33. The highest BCUT2D eigenvalue weighted by molar-refractivity contribution is 6.02. The zero-order valence-corrected chi connectivity index (χ0v) is 14.9. The maximum absolute atomic E-state index is 14.4. The molecule has 27 heavy (non-hydrogen) atoms. The molecule has 1 aromatic carbocycles. The van der Waals surface area contributed by atoms with E-state index < -0.39 is 35.4 Å². The first-order valence-electron chi connectivity index (χ1n) is 8.31. The maximum Gasteiger partial charge on any atom is 0.293 e. The first-order valence-corrected chi connectivity index (χ1v) is 8.31. The lowest BCUT2D eigenvalue weighted by atomic mass is 9.80. The molecule has 2 aromatic rings. The molecule has 1 aromatic heterocycles. The number of oxazole rings is 1. The molecular weight excluding hydrogens is 361 g/mol. The lowest BCUT2D eigenvalue weighted by Gasteiger charge is -2.36. The standard InChI is InChI=1S/C18H19F3N4O2/c1-10-23-8-14(27-10)15(26)24-11-3-4-13(20)12(7-11)17(2)5-6-18(21,9-19)16(22)25-17/h3-4,7-8H,5-6,9H2,1-2H3,(H2,22,25)(H,24,26)/t17-,18+/m0/s1. The summed E-state index contributed by atoms with van der Waals surface area (Å²) in [4.78, 5) is 20.1. The van der Waals surface area contributed by atoms with Crippen molar-refractivity contribution in [1.82, 2.24) is 4.98 Å². The fraction of sp³-hybridized carbons (Fsp3) is 0.389. The number of hydrogen-bond donors (Lipinski definition) is 2. The van der Waals surface area contributed by atoms with Crippen molar-refractivity contribution < 1.29 is 22.4 Å². The Bertz CT molecular complexity index is 914. The number of amides is 1. The second kappa shape index (κ2) is 6.71. The van der Waals surface area contributed by atoms with Crippen LogP contribution in [0.1, 0.15) is 41.8 Å². The van der Waals surface area contributed by atoms with Crippen molar-refractivity contribution in [1.29, 1.82) is 0 Å². The molecule has 0 fully saturated rings. The van der Waals surface area contributed by atoms with Crippen molar-refractivity contribution in [3.8, 4) is 0 Å². The molecule has 1 aliphatic heterocycles. The van der Waals surface area contributed by atoms with Gasteiger partial charge in [-0.2, -0.15) is 0 Å². The van der Waals surface area contributed by atoms with Crippen molar-refractivity contribution in [2.75, 3.05) is 12.0 Å².